The fourth-order valence-electron chi connectivity index (χ4n) is 4.68. The number of carbonyl (C=O) groups excluding carboxylic acids is 1. The molecule has 2 aromatic carbocycles. The average Bonchev–Trinajstić information content (AvgIpc) is 2.92. The summed E-state index contributed by atoms with van der Waals surface area (Å²) in [5.41, 5.74) is 3.44. The third-order valence-electron chi connectivity index (χ3n) is 6.91. The smallest absolute Gasteiger partial charge is 0.475 e. The Bertz CT molecular complexity index is 1340. The second-order valence-corrected chi connectivity index (χ2v) is 11.5. The largest absolute Gasteiger partial charge is 0.490 e. The van der Waals surface area contributed by atoms with Crippen molar-refractivity contribution in [2.75, 3.05) is 68.5 Å². The molecule has 2 aliphatic rings. The number of carbonyl (C=O) groups is 2. The number of anilines is 2. The summed E-state index contributed by atoms with van der Waals surface area (Å²) in [4.78, 5) is 28.7. The van der Waals surface area contributed by atoms with Gasteiger partial charge in [0.1, 0.15) is 0 Å². The van der Waals surface area contributed by atoms with Crippen LogP contribution in [0.4, 0.5) is 24.5 Å². The minimum Gasteiger partial charge on any atom is -0.475 e. The van der Waals surface area contributed by atoms with Gasteiger partial charge in [-0.25, -0.2) is 13.2 Å². The first-order valence-electron chi connectivity index (χ1n) is 13.2. The molecule has 0 aliphatic carbocycles. The molecule has 10 nitrogen and oxygen atoms in total. The van der Waals surface area contributed by atoms with E-state index in [-0.39, 0.29) is 10.8 Å². The first-order valence-corrected chi connectivity index (χ1v) is 14.7. The number of carboxylic acids is 1. The molecule has 0 unspecified atom stereocenters. The summed E-state index contributed by atoms with van der Waals surface area (Å²) in [7, 11) is -3.82. The van der Waals surface area contributed by atoms with Gasteiger partial charge < -0.3 is 25.1 Å². The van der Waals surface area contributed by atoms with Crippen molar-refractivity contribution < 1.29 is 36.3 Å². The van der Waals surface area contributed by atoms with Crippen LogP contribution in [0, 0.1) is 13.8 Å². The fraction of sp³-hybridized carbons (Fsp3) is 0.481. The molecule has 0 bridgehead atoms. The van der Waals surface area contributed by atoms with Crippen molar-refractivity contribution in [1.29, 1.82) is 0 Å². The molecular weight excluding hydrogens is 563 g/mol. The Hall–Kier alpha value is -3.36. The van der Waals surface area contributed by atoms with Crippen LogP contribution in [-0.2, 0) is 14.8 Å². The van der Waals surface area contributed by atoms with Gasteiger partial charge in [0.15, 0.2) is 0 Å². The standard InChI is InChI=1S/C25H35N5O3S.C2HF3O2/c1-4-28-13-15-30(16-14-28)25(31)21-6-7-23(29-11-9-26-10-12-29)22(18-21)27-34(32,33)24-8-5-19(2)17-20(24)3;3-2(4,5)1(6)7/h5-8,17-18,26-27H,4,9-16H2,1-3H3;(H,6,7). The van der Waals surface area contributed by atoms with Gasteiger partial charge in [0, 0.05) is 57.9 Å². The Kier molecular flexibility index (Phi) is 10.6. The summed E-state index contributed by atoms with van der Waals surface area (Å²) < 4.78 is 61.3. The highest BCUT2D eigenvalue weighted by Gasteiger charge is 2.38. The maximum Gasteiger partial charge on any atom is 0.490 e. The highest BCUT2D eigenvalue weighted by molar-refractivity contribution is 7.92. The minimum atomic E-state index is -5.08. The van der Waals surface area contributed by atoms with E-state index in [0.717, 1.165) is 57.1 Å². The molecule has 2 aliphatic heterocycles. The molecule has 2 heterocycles. The van der Waals surface area contributed by atoms with Gasteiger partial charge in [-0.1, -0.05) is 24.6 Å². The van der Waals surface area contributed by atoms with E-state index in [1.807, 2.05) is 30.0 Å². The number of amides is 1. The van der Waals surface area contributed by atoms with Crippen molar-refractivity contribution in [2.24, 2.45) is 0 Å². The Morgan fingerprint density at radius 3 is 2.12 bits per heavy atom. The number of likely N-dealkylation sites (N-methyl/N-ethyl adjacent to an activating group) is 1. The number of piperazine rings is 2. The minimum absolute atomic E-state index is 0.0606. The zero-order valence-corrected chi connectivity index (χ0v) is 24.1. The molecule has 226 valence electrons. The van der Waals surface area contributed by atoms with E-state index in [9.17, 15) is 26.4 Å². The number of nitrogens with one attached hydrogen (secondary N) is 2. The number of halogens is 3. The van der Waals surface area contributed by atoms with E-state index in [4.69, 9.17) is 9.90 Å². The second-order valence-electron chi connectivity index (χ2n) is 9.87. The van der Waals surface area contributed by atoms with Crippen LogP contribution in [0.2, 0.25) is 0 Å². The van der Waals surface area contributed by atoms with Crippen LogP contribution in [0.25, 0.3) is 0 Å². The number of benzene rings is 2. The monoisotopic (exact) mass is 599 g/mol. The van der Waals surface area contributed by atoms with E-state index in [0.29, 0.717) is 29.9 Å². The van der Waals surface area contributed by atoms with Crippen LogP contribution in [-0.4, -0.2) is 100 Å². The van der Waals surface area contributed by atoms with Gasteiger partial charge in [-0.3, -0.25) is 9.52 Å². The molecule has 2 fully saturated rings. The number of rotatable bonds is 6. The molecule has 0 saturated carbocycles. The third-order valence-corrected chi connectivity index (χ3v) is 8.44. The molecule has 0 radical (unpaired) electrons. The normalized spacial score (nSPS) is 16.5. The van der Waals surface area contributed by atoms with E-state index < -0.39 is 22.2 Å². The number of aryl methyl sites for hydroxylation is 2. The lowest BCUT2D eigenvalue weighted by atomic mass is 10.1. The van der Waals surface area contributed by atoms with Crippen LogP contribution < -0.4 is 14.9 Å². The van der Waals surface area contributed by atoms with Gasteiger partial charge in [0.2, 0.25) is 0 Å². The van der Waals surface area contributed by atoms with Gasteiger partial charge in [0.05, 0.1) is 16.3 Å². The van der Waals surface area contributed by atoms with Crippen molar-refractivity contribution in [1.82, 2.24) is 15.1 Å². The quantitative estimate of drug-likeness (QED) is 0.464. The van der Waals surface area contributed by atoms with E-state index in [1.165, 1.54) is 0 Å². The molecule has 4 rings (SSSR count). The highest BCUT2D eigenvalue weighted by atomic mass is 32.2. The Morgan fingerprint density at radius 2 is 1.59 bits per heavy atom. The van der Waals surface area contributed by atoms with Gasteiger partial charge >= 0.3 is 12.1 Å². The number of hydrogen-bond acceptors (Lipinski definition) is 7. The van der Waals surface area contributed by atoms with E-state index >= 15 is 0 Å². The van der Waals surface area contributed by atoms with Crippen LogP contribution in [0.15, 0.2) is 41.3 Å². The van der Waals surface area contributed by atoms with Gasteiger partial charge in [-0.15, -0.1) is 0 Å². The van der Waals surface area contributed by atoms with Crippen molar-refractivity contribution in [3.05, 3.63) is 53.1 Å². The maximum absolute atomic E-state index is 13.4. The first kappa shape index (κ1) is 32.2. The summed E-state index contributed by atoms with van der Waals surface area (Å²) in [6.45, 7) is 13.1. The predicted octanol–water partition coefficient (Wildman–Crippen LogP) is 2.92. The molecule has 41 heavy (non-hydrogen) atoms. The molecule has 1 amide bonds. The molecule has 2 aromatic rings. The summed E-state index contributed by atoms with van der Waals surface area (Å²) in [5.74, 6) is -2.82. The highest BCUT2D eigenvalue weighted by Crippen LogP contribution is 2.31. The average molecular weight is 600 g/mol. The number of aliphatic carboxylic acids is 1. The molecule has 14 heteroatoms. The number of alkyl halides is 3. The van der Waals surface area contributed by atoms with Crippen LogP contribution in [0.1, 0.15) is 28.4 Å². The zero-order chi connectivity index (χ0) is 30.4. The SMILES string of the molecule is CCN1CCN(C(=O)c2ccc(N3CCNCC3)c(NS(=O)(=O)c3ccc(C)cc3C)c2)CC1.O=C(O)C(F)(F)F. The van der Waals surface area contributed by atoms with Crippen LogP contribution in [0.5, 0.6) is 0 Å². The predicted molar refractivity (Wildman–Crippen MR) is 150 cm³/mol. The molecular formula is C27H36F3N5O5S. The Morgan fingerprint density at radius 1 is 0.976 bits per heavy atom. The molecule has 0 spiro atoms. The Balaban J connectivity index is 0.000000587. The lowest BCUT2D eigenvalue weighted by Gasteiger charge is -2.34. The summed E-state index contributed by atoms with van der Waals surface area (Å²) in [5, 5.41) is 10.5. The number of carboxylic acid groups (broad SMARTS) is 1. The van der Waals surface area contributed by atoms with Gasteiger partial charge in [0.25, 0.3) is 15.9 Å². The van der Waals surface area contributed by atoms with E-state index in [2.05, 4.69) is 26.8 Å². The summed E-state index contributed by atoms with van der Waals surface area (Å²) in [6.07, 6.45) is -5.08. The first-order chi connectivity index (χ1) is 19.2. The van der Waals surface area contributed by atoms with Crippen molar-refractivity contribution >= 4 is 33.3 Å². The van der Waals surface area contributed by atoms with Crippen molar-refractivity contribution in [2.45, 2.75) is 31.8 Å². The molecule has 2 saturated heterocycles. The van der Waals surface area contributed by atoms with Crippen molar-refractivity contribution in [3.8, 4) is 0 Å². The fourth-order valence-corrected chi connectivity index (χ4v) is 5.98. The molecule has 3 N–H and O–H groups in total. The lowest BCUT2D eigenvalue weighted by Crippen LogP contribution is -2.48. The second kappa shape index (κ2) is 13.5. The maximum atomic E-state index is 13.4. The Labute approximate surface area is 238 Å². The summed E-state index contributed by atoms with van der Waals surface area (Å²) >= 11 is 0. The molecule has 0 aromatic heterocycles. The topological polar surface area (TPSA) is 122 Å². The lowest BCUT2D eigenvalue weighted by molar-refractivity contribution is -0.192. The molecule has 0 atom stereocenters. The van der Waals surface area contributed by atoms with Crippen molar-refractivity contribution in [3.63, 3.8) is 0 Å². The van der Waals surface area contributed by atoms with Crippen LogP contribution in [0.3, 0.4) is 0 Å². The van der Waals surface area contributed by atoms with Crippen LogP contribution >= 0.6 is 0 Å². The number of sulfonamides is 1. The number of nitrogens with zero attached hydrogens (tertiary/aromatic N) is 3. The van der Waals surface area contributed by atoms with Gasteiger partial charge in [-0.2, -0.15) is 13.2 Å². The third kappa shape index (κ3) is 8.57. The van der Waals surface area contributed by atoms with Gasteiger partial charge in [-0.05, 0) is 50.2 Å². The summed E-state index contributed by atoms with van der Waals surface area (Å²) in [6, 6.07) is 10.7. The number of hydrogen-bond donors (Lipinski definition) is 3. The van der Waals surface area contributed by atoms with E-state index in [1.54, 1.807) is 25.1 Å². The zero-order valence-electron chi connectivity index (χ0n) is 23.3.